The van der Waals surface area contributed by atoms with Gasteiger partial charge in [0.2, 0.25) is 0 Å². The Morgan fingerprint density at radius 3 is 2.79 bits per heavy atom. The summed E-state index contributed by atoms with van der Waals surface area (Å²) in [6.45, 7) is 4.05. The predicted molar refractivity (Wildman–Crippen MR) is 56.2 cm³/mol. The number of fused-ring (bicyclic) bond motifs is 1. The van der Waals surface area contributed by atoms with E-state index in [1.54, 1.807) is 18.2 Å². The molecule has 0 fully saturated rings. The Kier molecular flexibility index (Phi) is 1.84. The molecule has 0 saturated heterocycles. The number of rotatable bonds is 1. The second kappa shape index (κ2) is 2.90. The van der Waals surface area contributed by atoms with Crippen LogP contribution in [0.1, 0.15) is 19.9 Å². The summed E-state index contributed by atoms with van der Waals surface area (Å²) < 4.78 is 1.81. The Labute approximate surface area is 81.9 Å². The highest BCUT2D eigenvalue weighted by Gasteiger charge is 2.10. The first-order chi connectivity index (χ1) is 6.59. The topological polar surface area (TPSA) is 64.1 Å². The molecule has 0 radical (unpaired) electrons. The number of nitrogen functional groups attached to an aromatic ring is 1. The Bertz CT molecular complexity index is 473. The fraction of sp³-hybridized carbons (Fsp3) is 0.300. The van der Waals surface area contributed by atoms with Crippen LogP contribution in [-0.2, 0) is 0 Å². The minimum atomic E-state index is 0.233. The molecule has 3 N–H and O–H groups in total. The zero-order valence-electron chi connectivity index (χ0n) is 8.23. The average molecular weight is 191 g/mol. The number of hydrogen-bond acceptors (Lipinski definition) is 3. The van der Waals surface area contributed by atoms with E-state index < -0.39 is 0 Å². The van der Waals surface area contributed by atoms with E-state index in [-0.39, 0.29) is 11.8 Å². The highest BCUT2D eigenvalue weighted by molar-refractivity contribution is 5.90. The maximum atomic E-state index is 9.36. The summed E-state index contributed by atoms with van der Waals surface area (Å²) in [7, 11) is 0. The van der Waals surface area contributed by atoms with Crippen molar-refractivity contribution in [3.05, 3.63) is 18.2 Å². The first kappa shape index (κ1) is 8.87. The molecule has 0 atom stereocenters. The molecule has 2 aromatic rings. The van der Waals surface area contributed by atoms with Crippen LogP contribution in [0.2, 0.25) is 0 Å². The van der Waals surface area contributed by atoms with Gasteiger partial charge in [0.05, 0.1) is 5.52 Å². The minimum Gasteiger partial charge on any atom is -0.508 e. The van der Waals surface area contributed by atoms with Crippen molar-refractivity contribution in [3.8, 4) is 5.75 Å². The van der Waals surface area contributed by atoms with Crippen molar-refractivity contribution in [1.29, 1.82) is 0 Å². The Morgan fingerprint density at radius 1 is 1.43 bits per heavy atom. The van der Waals surface area contributed by atoms with Crippen molar-refractivity contribution in [2.75, 3.05) is 5.73 Å². The Hall–Kier alpha value is -1.71. The lowest BCUT2D eigenvalue weighted by atomic mass is 10.2. The molecule has 4 heteroatoms. The second-order valence-corrected chi connectivity index (χ2v) is 3.63. The number of nitrogens with two attached hydrogens (primary N) is 1. The second-order valence-electron chi connectivity index (χ2n) is 3.63. The number of phenolic OH excluding ortho intramolecular Hbond substituents is 1. The van der Waals surface area contributed by atoms with Gasteiger partial charge in [0, 0.05) is 17.5 Å². The van der Waals surface area contributed by atoms with Crippen LogP contribution in [0.15, 0.2) is 18.2 Å². The number of hydrogen-bond donors (Lipinski definition) is 2. The van der Waals surface area contributed by atoms with Gasteiger partial charge in [-0.05, 0) is 26.0 Å². The summed E-state index contributed by atoms with van der Waals surface area (Å²) in [6.07, 6.45) is 0. The van der Waals surface area contributed by atoms with Gasteiger partial charge >= 0.3 is 0 Å². The van der Waals surface area contributed by atoms with Crippen LogP contribution in [-0.4, -0.2) is 14.9 Å². The summed E-state index contributed by atoms with van der Waals surface area (Å²) in [4.78, 5) is 0. The molecule has 0 aliphatic carbocycles. The quantitative estimate of drug-likeness (QED) is 0.723. The molecule has 0 unspecified atom stereocenters. The van der Waals surface area contributed by atoms with E-state index in [1.165, 1.54) is 0 Å². The van der Waals surface area contributed by atoms with Crippen LogP contribution in [0.5, 0.6) is 5.75 Å². The van der Waals surface area contributed by atoms with Gasteiger partial charge in [-0.1, -0.05) is 0 Å². The number of aromatic nitrogens is 2. The molecule has 0 amide bonds. The molecule has 2 rings (SSSR count). The highest BCUT2D eigenvalue weighted by Crippen LogP contribution is 2.26. The average Bonchev–Trinajstić information content (AvgIpc) is 2.43. The lowest BCUT2D eigenvalue weighted by Gasteiger charge is -2.06. The minimum absolute atomic E-state index is 0.233. The van der Waals surface area contributed by atoms with Gasteiger partial charge in [-0.25, -0.2) is 0 Å². The molecular formula is C10H13N3O. The van der Waals surface area contributed by atoms with Gasteiger partial charge in [0.25, 0.3) is 0 Å². The number of anilines is 1. The van der Waals surface area contributed by atoms with Gasteiger partial charge < -0.3 is 10.8 Å². The van der Waals surface area contributed by atoms with Gasteiger partial charge in [-0.2, -0.15) is 5.10 Å². The van der Waals surface area contributed by atoms with E-state index in [0.717, 1.165) is 10.9 Å². The molecule has 0 bridgehead atoms. The SMILES string of the molecule is CC(C)n1nc(N)c2ccc(O)cc21. The van der Waals surface area contributed by atoms with Gasteiger partial charge in [0.15, 0.2) is 5.82 Å². The van der Waals surface area contributed by atoms with Crippen molar-refractivity contribution in [2.24, 2.45) is 0 Å². The van der Waals surface area contributed by atoms with Crippen molar-refractivity contribution in [2.45, 2.75) is 19.9 Å². The molecule has 1 heterocycles. The van der Waals surface area contributed by atoms with E-state index >= 15 is 0 Å². The zero-order chi connectivity index (χ0) is 10.3. The van der Waals surface area contributed by atoms with Crippen molar-refractivity contribution < 1.29 is 5.11 Å². The number of nitrogens with zero attached hydrogens (tertiary/aromatic N) is 2. The standard InChI is InChI=1S/C10H13N3O/c1-6(2)13-9-5-7(14)3-4-8(9)10(11)12-13/h3-6,14H,1-2H3,(H2,11,12). The molecule has 74 valence electrons. The third-order valence-corrected chi connectivity index (χ3v) is 2.21. The van der Waals surface area contributed by atoms with Gasteiger partial charge in [-0.3, -0.25) is 4.68 Å². The molecule has 1 aromatic heterocycles. The summed E-state index contributed by atoms with van der Waals surface area (Å²) in [5.41, 5.74) is 6.62. The molecular weight excluding hydrogens is 178 g/mol. The van der Waals surface area contributed by atoms with E-state index in [9.17, 15) is 5.11 Å². The number of phenols is 1. The van der Waals surface area contributed by atoms with E-state index in [0.29, 0.717) is 5.82 Å². The van der Waals surface area contributed by atoms with Crippen LogP contribution < -0.4 is 5.73 Å². The van der Waals surface area contributed by atoms with Crippen LogP contribution in [0.3, 0.4) is 0 Å². The molecule has 4 nitrogen and oxygen atoms in total. The van der Waals surface area contributed by atoms with Crippen LogP contribution in [0, 0.1) is 0 Å². The molecule has 0 spiro atoms. The lowest BCUT2D eigenvalue weighted by molar-refractivity contribution is 0.475. The monoisotopic (exact) mass is 191 g/mol. The Morgan fingerprint density at radius 2 is 2.14 bits per heavy atom. The van der Waals surface area contributed by atoms with Crippen LogP contribution in [0.4, 0.5) is 5.82 Å². The van der Waals surface area contributed by atoms with E-state index in [2.05, 4.69) is 5.10 Å². The third kappa shape index (κ3) is 1.19. The number of aromatic hydroxyl groups is 1. The first-order valence-electron chi connectivity index (χ1n) is 4.56. The van der Waals surface area contributed by atoms with Crippen LogP contribution >= 0.6 is 0 Å². The normalized spacial score (nSPS) is 11.4. The maximum Gasteiger partial charge on any atom is 0.153 e. The van der Waals surface area contributed by atoms with Crippen molar-refractivity contribution >= 4 is 16.7 Å². The zero-order valence-corrected chi connectivity index (χ0v) is 8.23. The van der Waals surface area contributed by atoms with Crippen molar-refractivity contribution in [3.63, 3.8) is 0 Å². The summed E-state index contributed by atoms with van der Waals surface area (Å²) in [5, 5.41) is 14.5. The molecule has 0 aliphatic heterocycles. The summed E-state index contributed by atoms with van der Waals surface area (Å²) in [6, 6.07) is 5.31. The maximum absolute atomic E-state index is 9.36. The van der Waals surface area contributed by atoms with E-state index in [4.69, 9.17) is 5.73 Å². The predicted octanol–water partition coefficient (Wildman–Crippen LogP) is 1.90. The smallest absolute Gasteiger partial charge is 0.153 e. The fourth-order valence-corrected chi connectivity index (χ4v) is 1.54. The molecule has 0 saturated carbocycles. The first-order valence-corrected chi connectivity index (χ1v) is 4.56. The van der Waals surface area contributed by atoms with Crippen molar-refractivity contribution in [1.82, 2.24) is 9.78 Å². The largest absolute Gasteiger partial charge is 0.508 e. The summed E-state index contributed by atoms with van der Waals surface area (Å²) >= 11 is 0. The summed E-state index contributed by atoms with van der Waals surface area (Å²) in [5.74, 6) is 0.744. The highest BCUT2D eigenvalue weighted by atomic mass is 16.3. The molecule has 0 aliphatic rings. The number of benzene rings is 1. The van der Waals surface area contributed by atoms with Gasteiger partial charge in [0.1, 0.15) is 5.75 Å². The molecule has 14 heavy (non-hydrogen) atoms. The Balaban J connectivity index is 2.79. The lowest BCUT2D eigenvalue weighted by Crippen LogP contribution is -2.02. The molecule has 1 aromatic carbocycles. The van der Waals surface area contributed by atoms with Crippen LogP contribution in [0.25, 0.3) is 10.9 Å². The van der Waals surface area contributed by atoms with Gasteiger partial charge in [-0.15, -0.1) is 0 Å². The third-order valence-electron chi connectivity index (χ3n) is 2.21. The fourth-order valence-electron chi connectivity index (χ4n) is 1.54. The van der Waals surface area contributed by atoms with E-state index in [1.807, 2.05) is 18.5 Å².